The zero-order chi connectivity index (χ0) is 19.4. The van der Waals surface area contributed by atoms with E-state index in [2.05, 4.69) is 41.4 Å². The van der Waals surface area contributed by atoms with E-state index < -0.39 is 5.79 Å². The summed E-state index contributed by atoms with van der Waals surface area (Å²) in [5.74, 6) is 0.640. The highest BCUT2D eigenvalue weighted by Gasteiger charge is 2.40. The Morgan fingerprint density at radius 1 is 1.07 bits per heavy atom. The van der Waals surface area contributed by atoms with Gasteiger partial charge in [-0.3, -0.25) is 4.79 Å². The van der Waals surface area contributed by atoms with Crippen LogP contribution in [-0.4, -0.2) is 62.5 Å². The Bertz CT molecular complexity index is 639. The van der Waals surface area contributed by atoms with E-state index in [-0.39, 0.29) is 5.91 Å². The topological polar surface area (TPSA) is 54.0 Å². The van der Waals surface area contributed by atoms with Gasteiger partial charge in [0.15, 0.2) is 5.79 Å². The van der Waals surface area contributed by atoms with Gasteiger partial charge in [0.05, 0.1) is 13.2 Å². The third-order valence-corrected chi connectivity index (χ3v) is 6.38. The fourth-order valence-corrected chi connectivity index (χ4v) is 4.41. The summed E-state index contributed by atoms with van der Waals surface area (Å²) in [7, 11) is 0. The molecule has 3 aliphatic rings. The molecule has 0 aromatic heterocycles. The predicted octanol–water partition coefficient (Wildman–Crippen LogP) is 3.09. The molecule has 1 spiro atoms. The van der Waals surface area contributed by atoms with Crippen molar-refractivity contribution in [1.82, 2.24) is 4.90 Å². The average molecular weight is 388 g/mol. The summed E-state index contributed by atoms with van der Waals surface area (Å²) < 4.78 is 11.5. The molecule has 0 unspecified atom stereocenters. The largest absolute Gasteiger partial charge is 0.385 e. The van der Waals surface area contributed by atoms with Crippen molar-refractivity contribution in [2.24, 2.45) is 5.92 Å². The molecule has 1 amide bonds. The molecule has 0 atom stereocenters. The minimum Gasteiger partial charge on any atom is -0.385 e. The molecular weight excluding hydrogens is 354 g/mol. The Balaban J connectivity index is 1.18. The molecule has 4 rings (SSSR count). The van der Waals surface area contributed by atoms with Crippen molar-refractivity contribution in [2.75, 3.05) is 56.2 Å². The summed E-state index contributed by atoms with van der Waals surface area (Å²) in [6, 6.07) is 8.62. The van der Waals surface area contributed by atoms with Gasteiger partial charge in [0.2, 0.25) is 5.91 Å². The summed E-state index contributed by atoms with van der Waals surface area (Å²) in [6.07, 6.45) is 4.63. The number of nitrogens with one attached hydrogen (secondary N) is 1. The zero-order valence-corrected chi connectivity index (χ0v) is 17.0. The number of likely N-dealkylation sites (tertiary alicyclic amines) is 1. The summed E-state index contributed by atoms with van der Waals surface area (Å²) in [5.41, 5.74) is 2.37. The van der Waals surface area contributed by atoms with Crippen LogP contribution < -0.4 is 10.2 Å². The molecule has 1 aromatic carbocycles. The van der Waals surface area contributed by atoms with E-state index in [1.165, 1.54) is 18.5 Å². The second-order valence-corrected chi connectivity index (χ2v) is 8.38. The second-order valence-electron chi connectivity index (χ2n) is 8.38. The number of amides is 1. The SMILES string of the molecule is CC1CCN(c2ccc(NCCC(=O)N3CCC4(CC3)OCCO4)cc2)CC1. The molecule has 0 saturated carbocycles. The third-order valence-electron chi connectivity index (χ3n) is 6.38. The van der Waals surface area contributed by atoms with Crippen molar-refractivity contribution < 1.29 is 14.3 Å². The number of anilines is 2. The lowest BCUT2D eigenvalue weighted by Crippen LogP contribution is -2.47. The van der Waals surface area contributed by atoms with Gasteiger partial charge in [-0.2, -0.15) is 0 Å². The maximum absolute atomic E-state index is 12.5. The van der Waals surface area contributed by atoms with Gasteiger partial charge in [0, 0.05) is 63.4 Å². The second kappa shape index (κ2) is 8.70. The van der Waals surface area contributed by atoms with Gasteiger partial charge in [-0.15, -0.1) is 0 Å². The van der Waals surface area contributed by atoms with Crippen molar-refractivity contribution in [3.63, 3.8) is 0 Å². The predicted molar refractivity (Wildman–Crippen MR) is 111 cm³/mol. The number of ether oxygens (including phenoxy) is 2. The standard InChI is InChI=1S/C22H33N3O3/c1-18-7-12-24(13-8-18)20-4-2-19(3-5-20)23-11-6-21(26)25-14-9-22(10-15-25)27-16-17-28-22/h2-5,18,23H,6-17H2,1H3. The highest BCUT2D eigenvalue weighted by Crippen LogP contribution is 2.31. The Hall–Kier alpha value is -1.79. The van der Waals surface area contributed by atoms with Gasteiger partial charge in [0.25, 0.3) is 0 Å². The number of piperidine rings is 2. The van der Waals surface area contributed by atoms with E-state index in [9.17, 15) is 4.79 Å². The molecule has 3 heterocycles. The van der Waals surface area contributed by atoms with Crippen LogP contribution in [0.1, 0.15) is 39.0 Å². The van der Waals surface area contributed by atoms with Crippen molar-refractivity contribution in [3.8, 4) is 0 Å². The highest BCUT2D eigenvalue weighted by atomic mass is 16.7. The Morgan fingerprint density at radius 2 is 1.71 bits per heavy atom. The van der Waals surface area contributed by atoms with Crippen LogP contribution in [0.3, 0.4) is 0 Å². The maximum atomic E-state index is 12.5. The number of carbonyl (C=O) groups excluding carboxylic acids is 1. The number of hydrogen-bond acceptors (Lipinski definition) is 5. The summed E-state index contributed by atoms with van der Waals surface area (Å²) in [6.45, 7) is 8.09. The van der Waals surface area contributed by atoms with Gasteiger partial charge in [0.1, 0.15) is 0 Å². The number of benzene rings is 1. The smallest absolute Gasteiger partial charge is 0.224 e. The van der Waals surface area contributed by atoms with Crippen LogP contribution in [0, 0.1) is 5.92 Å². The molecular formula is C22H33N3O3. The Labute approximate surface area is 168 Å². The number of carbonyl (C=O) groups is 1. The first-order chi connectivity index (χ1) is 13.6. The highest BCUT2D eigenvalue weighted by molar-refractivity contribution is 5.76. The lowest BCUT2D eigenvalue weighted by Gasteiger charge is -2.37. The molecule has 1 aromatic rings. The summed E-state index contributed by atoms with van der Waals surface area (Å²) >= 11 is 0. The van der Waals surface area contributed by atoms with E-state index >= 15 is 0 Å². The van der Waals surface area contributed by atoms with E-state index in [1.807, 2.05) is 4.90 Å². The maximum Gasteiger partial charge on any atom is 0.224 e. The van der Waals surface area contributed by atoms with Crippen molar-refractivity contribution in [2.45, 2.75) is 44.8 Å². The quantitative estimate of drug-likeness (QED) is 0.841. The fourth-order valence-electron chi connectivity index (χ4n) is 4.41. The molecule has 3 aliphatic heterocycles. The zero-order valence-electron chi connectivity index (χ0n) is 17.0. The van der Waals surface area contributed by atoms with E-state index in [0.717, 1.165) is 50.6 Å². The van der Waals surface area contributed by atoms with Gasteiger partial charge in [-0.25, -0.2) is 0 Å². The summed E-state index contributed by atoms with van der Waals surface area (Å²) in [4.78, 5) is 16.9. The van der Waals surface area contributed by atoms with Crippen LogP contribution in [0.15, 0.2) is 24.3 Å². The minimum atomic E-state index is -0.414. The number of nitrogens with zero attached hydrogens (tertiary/aromatic N) is 2. The Kier molecular flexibility index (Phi) is 6.07. The first kappa shape index (κ1) is 19.5. The first-order valence-corrected chi connectivity index (χ1v) is 10.8. The fraction of sp³-hybridized carbons (Fsp3) is 0.682. The molecule has 28 heavy (non-hydrogen) atoms. The van der Waals surface area contributed by atoms with Crippen molar-refractivity contribution in [1.29, 1.82) is 0 Å². The minimum absolute atomic E-state index is 0.208. The van der Waals surface area contributed by atoms with E-state index in [4.69, 9.17) is 9.47 Å². The normalized spacial score (nSPS) is 22.6. The van der Waals surface area contributed by atoms with Crippen LogP contribution >= 0.6 is 0 Å². The molecule has 6 nitrogen and oxygen atoms in total. The first-order valence-electron chi connectivity index (χ1n) is 10.8. The van der Waals surface area contributed by atoms with Crippen LogP contribution in [-0.2, 0) is 14.3 Å². The van der Waals surface area contributed by atoms with Gasteiger partial charge in [-0.1, -0.05) is 6.92 Å². The van der Waals surface area contributed by atoms with E-state index in [1.54, 1.807) is 0 Å². The molecule has 1 N–H and O–H groups in total. The van der Waals surface area contributed by atoms with Crippen LogP contribution in [0.5, 0.6) is 0 Å². The molecule has 0 aliphatic carbocycles. The molecule has 154 valence electrons. The van der Waals surface area contributed by atoms with Gasteiger partial charge < -0.3 is 24.6 Å². The molecule has 0 bridgehead atoms. The lowest BCUT2D eigenvalue weighted by atomic mass is 9.99. The number of hydrogen-bond donors (Lipinski definition) is 1. The van der Waals surface area contributed by atoms with Gasteiger partial charge in [-0.05, 0) is 43.0 Å². The molecule has 3 fully saturated rings. The molecule has 3 saturated heterocycles. The Morgan fingerprint density at radius 3 is 2.36 bits per heavy atom. The average Bonchev–Trinajstić information content (AvgIpc) is 3.17. The van der Waals surface area contributed by atoms with Crippen LogP contribution in [0.2, 0.25) is 0 Å². The monoisotopic (exact) mass is 387 g/mol. The van der Waals surface area contributed by atoms with Crippen molar-refractivity contribution in [3.05, 3.63) is 24.3 Å². The molecule has 6 heteroatoms. The third kappa shape index (κ3) is 4.61. The summed E-state index contributed by atoms with van der Waals surface area (Å²) in [5, 5.41) is 3.39. The van der Waals surface area contributed by atoms with Crippen LogP contribution in [0.25, 0.3) is 0 Å². The van der Waals surface area contributed by atoms with Crippen molar-refractivity contribution >= 4 is 17.3 Å². The molecule has 0 radical (unpaired) electrons. The van der Waals surface area contributed by atoms with Crippen LogP contribution in [0.4, 0.5) is 11.4 Å². The number of rotatable bonds is 5. The van der Waals surface area contributed by atoms with Gasteiger partial charge >= 0.3 is 0 Å². The lowest BCUT2D eigenvalue weighted by molar-refractivity contribution is -0.187. The van der Waals surface area contributed by atoms with E-state index in [0.29, 0.717) is 26.2 Å².